The van der Waals surface area contributed by atoms with E-state index < -0.39 is 23.8 Å². The van der Waals surface area contributed by atoms with Gasteiger partial charge in [-0.1, -0.05) is 12.1 Å². The van der Waals surface area contributed by atoms with E-state index in [9.17, 15) is 19.2 Å². The van der Waals surface area contributed by atoms with Crippen LogP contribution in [0, 0.1) is 19.8 Å². The number of aryl methyl sites for hydroxylation is 1. The zero-order chi connectivity index (χ0) is 22.9. The van der Waals surface area contributed by atoms with Gasteiger partial charge in [0, 0.05) is 24.2 Å². The number of carbonyl (C=O) groups is 4. The number of ketones is 2. The van der Waals surface area contributed by atoms with E-state index in [0.29, 0.717) is 28.3 Å². The van der Waals surface area contributed by atoms with E-state index in [4.69, 9.17) is 9.47 Å². The van der Waals surface area contributed by atoms with Gasteiger partial charge in [-0.05, 0) is 45.4 Å². The summed E-state index contributed by atoms with van der Waals surface area (Å²) >= 11 is 0. The van der Waals surface area contributed by atoms with Gasteiger partial charge in [-0.25, -0.2) is 0 Å². The monoisotopic (exact) mass is 426 g/mol. The van der Waals surface area contributed by atoms with Crippen molar-refractivity contribution in [1.29, 1.82) is 0 Å². The Bertz CT molecular complexity index is 1050. The average Bonchev–Trinajstić information content (AvgIpc) is 3.26. The maximum Gasteiger partial charge on any atom is 0.312 e. The van der Waals surface area contributed by atoms with Crippen molar-refractivity contribution in [2.24, 2.45) is 5.92 Å². The fraction of sp³-hybridized carbons (Fsp3) is 0.391. The van der Waals surface area contributed by atoms with Crippen LogP contribution in [0.3, 0.4) is 0 Å². The summed E-state index contributed by atoms with van der Waals surface area (Å²) in [5.41, 5.74) is 2.44. The molecule has 1 aromatic heterocycles. The summed E-state index contributed by atoms with van der Waals surface area (Å²) in [5.74, 6) is -1.55. The number of rotatable bonds is 7. The van der Waals surface area contributed by atoms with Crippen LogP contribution in [0.25, 0.3) is 0 Å². The number of nitrogens with one attached hydrogen (secondary N) is 1. The van der Waals surface area contributed by atoms with Gasteiger partial charge in [-0.15, -0.1) is 0 Å². The molecule has 8 heteroatoms. The molecule has 3 rings (SSSR count). The second-order valence-electron chi connectivity index (χ2n) is 7.70. The van der Waals surface area contributed by atoms with Crippen molar-refractivity contribution in [1.82, 2.24) is 4.98 Å². The van der Waals surface area contributed by atoms with Crippen LogP contribution in [-0.2, 0) is 14.3 Å². The first kappa shape index (κ1) is 22.3. The van der Waals surface area contributed by atoms with Crippen LogP contribution in [0.15, 0.2) is 24.3 Å². The van der Waals surface area contributed by atoms with Gasteiger partial charge < -0.3 is 19.4 Å². The third-order valence-corrected chi connectivity index (χ3v) is 5.53. The number of methoxy groups -OCH3 is 1. The summed E-state index contributed by atoms with van der Waals surface area (Å²) in [6, 6.07) is 7.07. The summed E-state index contributed by atoms with van der Waals surface area (Å²) in [5, 5.41) is 0. The van der Waals surface area contributed by atoms with Crippen LogP contribution in [0.2, 0.25) is 0 Å². The number of anilines is 1. The maximum absolute atomic E-state index is 12.8. The van der Waals surface area contributed by atoms with E-state index in [1.165, 1.54) is 25.9 Å². The van der Waals surface area contributed by atoms with Gasteiger partial charge in [-0.2, -0.15) is 0 Å². The SMILES string of the molecule is COc1ccccc1N1C[C@@H](C(=O)O[C@H](C)C(=O)c2[nH]c(C)c(C(C)=O)c2C)CC1=O. The first-order valence-corrected chi connectivity index (χ1v) is 10.0. The summed E-state index contributed by atoms with van der Waals surface area (Å²) < 4.78 is 10.7. The molecule has 1 N–H and O–H groups in total. The number of para-hydroxylation sites is 2. The fourth-order valence-electron chi connectivity index (χ4n) is 4.00. The molecule has 1 fully saturated rings. The first-order chi connectivity index (χ1) is 14.6. The number of esters is 1. The number of benzene rings is 1. The second-order valence-corrected chi connectivity index (χ2v) is 7.70. The van der Waals surface area contributed by atoms with Crippen molar-refractivity contribution in [2.75, 3.05) is 18.6 Å². The predicted octanol–water partition coefficient (Wildman–Crippen LogP) is 3.01. The summed E-state index contributed by atoms with van der Waals surface area (Å²) in [6.07, 6.45) is -1.06. The van der Waals surface area contributed by atoms with Crippen molar-refractivity contribution in [2.45, 2.75) is 40.2 Å². The van der Waals surface area contributed by atoms with Gasteiger partial charge in [0.1, 0.15) is 5.75 Å². The number of amides is 1. The lowest BCUT2D eigenvalue weighted by Crippen LogP contribution is -2.31. The van der Waals surface area contributed by atoms with E-state index in [2.05, 4.69) is 4.98 Å². The normalized spacial score (nSPS) is 16.9. The number of H-pyrrole nitrogens is 1. The minimum atomic E-state index is -1.06. The number of nitrogens with zero attached hydrogens (tertiary/aromatic N) is 1. The van der Waals surface area contributed by atoms with Crippen LogP contribution < -0.4 is 9.64 Å². The number of aromatic amines is 1. The minimum absolute atomic E-state index is 0.00703. The lowest BCUT2D eigenvalue weighted by atomic mass is 10.0. The van der Waals surface area contributed by atoms with Crippen molar-refractivity contribution >= 4 is 29.1 Å². The molecular weight excluding hydrogens is 400 g/mol. The minimum Gasteiger partial charge on any atom is -0.495 e. The Labute approximate surface area is 180 Å². The van der Waals surface area contributed by atoms with Crippen LogP contribution in [0.5, 0.6) is 5.75 Å². The fourth-order valence-corrected chi connectivity index (χ4v) is 4.00. The first-order valence-electron chi connectivity index (χ1n) is 10.0. The number of Topliss-reactive ketones (excluding diaryl/α,β-unsaturated/α-hetero) is 2. The molecule has 0 radical (unpaired) electrons. The van der Waals surface area contributed by atoms with E-state index >= 15 is 0 Å². The average molecular weight is 426 g/mol. The molecule has 0 unspecified atom stereocenters. The van der Waals surface area contributed by atoms with E-state index in [1.807, 2.05) is 0 Å². The van der Waals surface area contributed by atoms with Gasteiger partial charge in [0.05, 0.1) is 24.4 Å². The van der Waals surface area contributed by atoms with Gasteiger partial charge >= 0.3 is 5.97 Å². The van der Waals surface area contributed by atoms with Gasteiger partial charge in [0.25, 0.3) is 0 Å². The molecule has 2 atom stereocenters. The molecule has 2 aromatic rings. The molecule has 1 saturated heterocycles. The van der Waals surface area contributed by atoms with Gasteiger partial charge in [0.2, 0.25) is 11.7 Å². The van der Waals surface area contributed by atoms with Crippen LogP contribution in [0.1, 0.15) is 52.4 Å². The molecule has 1 aliphatic rings. The molecule has 0 aliphatic carbocycles. The van der Waals surface area contributed by atoms with Crippen molar-refractivity contribution < 1.29 is 28.7 Å². The zero-order valence-corrected chi connectivity index (χ0v) is 18.3. The van der Waals surface area contributed by atoms with Gasteiger partial charge in [-0.3, -0.25) is 19.2 Å². The highest BCUT2D eigenvalue weighted by atomic mass is 16.5. The van der Waals surface area contributed by atoms with Crippen LogP contribution in [-0.4, -0.2) is 48.2 Å². The van der Waals surface area contributed by atoms with E-state index in [0.717, 1.165) is 0 Å². The Morgan fingerprint density at radius 3 is 2.48 bits per heavy atom. The largest absolute Gasteiger partial charge is 0.495 e. The summed E-state index contributed by atoms with van der Waals surface area (Å²) in [6.45, 7) is 6.47. The molecule has 8 nitrogen and oxygen atoms in total. The second kappa shape index (κ2) is 8.75. The molecule has 0 spiro atoms. The zero-order valence-electron chi connectivity index (χ0n) is 18.3. The highest BCUT2D eigenvalue weighted by Crippen LogP contribution is 2.33. The van der Waals surface area contributed by atoms with Crippen molar-refractivity contribution in [3.63, 3.8) is 0 Å². The van der Waals surface area contributed by atoms with E-state index in [1.54, 1.807) is 38.1 Å². The van der Waals surface area contributed by atoms with Gasteiger partial charge in [0.15, 0.2) is 11.9 Å². The lowest BCUT2D eigenvalue weighted by molar-refractivity contribution is -0.151. The molecule has 1 aliphatic heterocycles. The Kier molecular flexibility index (Phi) is 6.29. The van der Waals surface area contributed by atoms with Crippen LogP contribution in [0.4, 0.5) is 5.69 Å². The third kappa shape index (κ3) is 4.23. The number of aromatic nitrogens is 1. The molecule has 1 amide bonds. The summed E-state index contributed by atoms with van der Waals surface area (Å²) in [4.78, 5) is 54.2. The predicted molar refractivity (Wildman–Crippen MR) is 114 cm³/mol. The Hall–Kier alpha value is -3.42. The molecule has 0 saturated carbocycles. The summed E-state index contributed by atoms with van der Waals surface area (Å²) in [7, 11) is 1.51. The van der Waals surface area contributed by atoms with Crippen LogP contribution >= 0.6 is 0 Å². The molecule has 31 heavy (non-hydrogen) atoms. The highest BCUT2D eigenvalue weighted by Gasteiger charge is 2.38. The Morgan fingerprint density at radius 2 is 1.87 bits per heavy atom. The third-order valence-electron chi connectivity index (χ3n) is 5.53. The quantitative estimate of drug-likeness (QED) is 0.539. The number of carbonyl (C=O) groups excluding carboxylic acids is 4. The molecular formula is C23H26N2O6. The van der Waals surface area contributed by atoms with Crippen molar-refractivity contribution in [3.05, 3.63) is 46.8 Å². The number of hydrogen-bond acceptors (Lipinski definition) is 6. The van der Waals surface area contributed by atoms with E-state index in [-0.39, 0.29) is 30.3 Å². The maximum atomic E-state index is 12.8. The molecule has 0 bridgehead atoms. The standard InChI is InChI=1S/C23H26N2O6/c1-12-20(14(3)26)13(2)24-21(12)22(28)15(4)31-23(29)16-10-19(27)25(11-16)17-8-6-7-9-18(17)30-5/h6-9,15-16,24H,10-11H2,1-5H3/t15-,16+/m1/s1. The topological polar surface area (TPSA) is 106 Å². The lowest BCUT2D eigenvalue weighted by Gasteiger charge is -2.19. The molecule has 164 valence electrons. The molecule has 2 heterocycles. The Balaban J connectivity index is 1.71. The Morgan fingerprint density at radius 1 is 1.19 bits per heavy atom. The smallest absolute Gasteiger partial charge is 0.312 e. The number of hydrogen-bond donors (Lipinski definition) is 1. The number of ether oxygens (including phenoxy) is 2. The van der Waals surface area contributed by atoms with Crippen molar-refractivity contribution in [3.8, 4) is 5.75 Å². The molecule has 1 aromatic carbocycles. The highest BCUT2D eigenvalue weighted by molar-refractivity contribution is 6.05.